The monoisotopic (exact) mass is 384 g/mol. The highest BCUT2D eigenvalue weighted by molar-refractivity contribution is 6.35. The summed E-state index contributed by atoms with van der Waals surface area (Å²) < 4.78 is 0. The summed E-state index contributed by atoms with van der Waals surface area (Å²) in [5, 5.41) is 10.8. The first kappa shape index (κ1) is 17.5. The van der Waals surface area contributed by atoms with Crippen molar-refractivity contribution in [3.63, 3.8) is 0 Å². The number of hydrogen-bond donors (Lipinski definition) is 0. The van der Waals surface area contributed by atoms with Crippen LogP contribution in [0.25, 0.3) is 54.2 Å². The molecule has 0 bridgehead atoms. The van der Waals surface area contributed by atoms with E-state index in [2.05, 4.69) is 112 Å². The van der Waals surface area contributed by atoms with Gasteiger partial charge in [0, 0.05) is 0 Å². The molecule has 6 rings (SSSR count). The minimum Gasteiger partial charge on any atom is -0.0610 e. The maximum absolute atomic E-state index is 2.31. The van der Waals surface area contributed by atoms with Crippen LogP contribution in [0.5, 0.6) is 0 Å². The first-order valence-electron chi connectivity index (χ1n) is 10.7. The van der Waals surface area contributed by atoms with Crippen molar-refractivity contribution in [2.45, 2.75) is 26.2 Å². The maximum atomic E-state index is 2.31. The van der Waals surface area contributed by atoms with Crippen molar-refractivity contribution >= 4 is 43.1 Å². The summed E-state index contributed by atoms with van der Waals surface area (Å²) in [5.74, 6) is 0. The van der Waals surface area contributed by atoms with Crippen LogP contribution in [-0.4, -0.2) is 0 Å². The molecule has 0 amide bonds. The topological polar surface area (TPSA) is 0 Å². The molecule has 0 aliphatic carbocycles. The second-order valence-electron chi connectivity index (χ2n) is 9.43. The van der Waals surface area contributed by atoms with Crippen molar-refractivity contribution < 1.29 is 0 Å². The van der Waals surface area contributed by atoms with Gasteiger partial charge in [0.1, 0.15) is 0 Å². The molecule has 0 heteroatoms. The molecule has 0 unspecified atom stereocenters. The normalized spacial score (nSPS) is 12.5. The SMILES string of the molecule is CC(C)(C)c1ccc(-c2ccc3cccc4c5cccc6cccc(c2c34)c65)cc1. The van der Waals surface area contributed by atoms with E-state index in [-0.39, 0.29) is 5.41 Å². The van der Waals surface area contributed by atoms with Gasteiger partial charge in [-0.15, -0.1) is 0 Å². The molecule has 0 aromatic heterocycles. The molecule has 6 aromatic rings. The van der Waals surface area contributed by atoms with Gasteiger partial charge in [0.25, 0.3) is 0 Å². The second kappa shape index (κ2) is 6.06. The average Bonchev–Trinajstić information content (AvgIpc) is 2.76. The fourth-order valence-corrected chi connectivity index (χ4v) is 5.05. The first-order valence-corrected chi connectivity index (χ1v) is 10.7. The van der Waals surface area contributed by atoms with E-state index < -0.39 is 0 Å². The van der Waals surface area contributed by atoms with E-state index in [9.17, 15) is 0 Å². The lowest BCUT2D eigenvalue weighted by Gasteiger charge is -2.20. The van der Waals surface area contributed by atoms with E-state index in [1.165, 1.54) is 59.8 Å². The van der Waals surface area contributed by atoms with Gasteiger partial charge in [-0.25, -0.2) is 0 Å². The molecule has 0 aliphatic rings. The molecule has 0 fully saturated rings. The summed E-state index contributed by atoms with van der Waals surface area (Å²) in [5.41, 5.74) is 4.13. The van der Waals surface area contributed by atoms with Gasteiger partial charge in [-0.1, -0.05) is 112 Å². The molecule has 0 saturated heterocycles. The summed E-state index contributed by atoms with van der Waals surface area (Å²) in [6, 6.07) is 33.9. The zero-order chi connectivity index (χ0) is 20.5. The lowest BCUT2D eigenvalue weighted by Crippen LogP contribution is -2.10. The first-order chi connectivity index (χ1) is 14.5. The van der Waals surface area contributed by atoms with Gasteiger partial charge in [0.05, 0.1) is 0 Å². The van der Waals surface area contributed by atoms with Crippen LogP contribution in [0.1, 0.15) is 26.3 Å². The van der Waals surface area contributed by atoms with E-state index in [4.69, 9.17) is 0 Å². The predicted molar refractivity (Wildman–Crippen MR) is 132 cm³/mol. The Bertz CT molecular complexity index is 1540. The smallest absolute Gasteiger partial charge is 0.00141 e. The molecule has 144 valence electrons. The Balaban J connectivity index is 1.79. The average molecular weight is 385 g/mol. The molecule has 0 N–H and O–H groups in total. The molecular formula is C30H24. The molecule has 30 heavy (non-hydrogen) atoms. The largest absolute Gasteiger partial charge is 0.0610 e. The van der Waals surface area contributed by atoms with Crippen LogP contribution in [0.2, 0.25) is 0 Å². The minimum absolute atomic E-state index is 0.161. The highest BCUT2D eigenvalue weighted by Gasteiger charge is 2.17. The van der Waals surface area contributed by atoms with Crippen molar-refractivity contribution in [3.8, 4) is 11.1 Å². The number of rotatable bonds is 1. The zero-order valence-electron chi connectivity index (χ0n) is 17.7. The van der Waals surface area contributed by atoms with Crippen molar-refractivity contribution in [3.05, 3.63) is 96.6 Å². The zero-order valence-corrected chi connectivity index (χ0v) is 17.7. The molecular weight excluding hydrogens is 360 g/mol. The van der Waals surface area contributed by atoms with E-state index >= 15 is 0 Å². The van der Waals surface area contributed by atoms with Gasteiger partial charge >= 0.3 is 0 Å². The summed E-state index contributed by atoms with van der Waals surface area (Å²) in [6.07, 6.45) is 0. The van der Waals surface area contributed by atoms with Gasteiger partial charge in [-0.2, -0.15) is 0 Å². The summed E-state index contributed by atoms with van der Waals surface area (Å²) in [4.78, 5) is 0. The van der Waals surface area contributed by atoms with Crippen LogP contribution < -0.4 is 0 Å². The fourth-order valence-electron chi connectivity index (χ4n) is 5.05. The van der Waals surface area contributed by atoms with Crippen LogP contribution in [0.15, 0.2) is 91.0 Å². The van der Waals surface area contributed by atoms with E-state index in [0.29, 0.717) is 0 Å². The van der Waals surface area contributed by atoms with E-state index in [1.54, 1.807) is 0 Å². The Morgan fingerprint density at radius 2 is 1.03 bits per heavy atom. The molecule has 6 aromatic carbocycles. The highest BCUT2D eigenvalue weighted by atomic mass is 14.2. The predicted octanol–water partition coefficient (Wildman–Crippen LogP) is 8.70. The van der Waals surface area contributed by atoms with Gasteiger partial charge in [-0.3, -0.25) is 0 Å². The minimum atomic E-state index is 0.161. The van der Waals surface area contributed by atoms with E-state index in [0.717, 1.165) is 0 Å². The van der Waals surface area contributed by atoms with Gasteiger partial charge in [0.15, 0.2) is 0 Å². The summed E-state index contributed by atoms with van der Waals surface area (Å²) >= 11 is 0. The Kier molecular flexibility index (Phi) is 3.53. The van der Waals surface area contributed by atoms with Crippen LogP contribution in [0.4, 0.5) is 0 Å². The third-order valence-electron chi connectivity index (χ3n) is 6.57. The van der Waals surface area contributed by atoms with Crippen LogP contribution in [0, 0.1) is 0 Å². The fraction of sp³-hybridized carbons (Fsp3) is 0.133. The van der Waals surface area contributed by atoms with Crippen molar-refractivity contribution in [2.24, 2.45) is 0 Å². The number of benzene rings is 6. The second-order valence-corrected chi connectivity index (χ2v) is 9.43. The molecule has 0 heterocycles. The van der Waals surface area contributed by atoms with Crippen molar-refractivity contribution in [1.29, 1.82) is 0 Å². The van der Waals surface area contributed by atoms with E-state index in [1.807, 2.05) is 0 Å². The number of fused-ring (bicyclic) bond motifs is 2. The Morgan fingerprint density at radius 1 is 0.467 bits per heavy atom. The molecule has 0 atom stereocenters. The highest BCUT2D eigenvalue weighted by Crippen LogP contribution is 2.44. The lowest BCUT2D eigenvalue weighted by atomic mass is 9.84. The molecule has 0 nitrogen and oxygen atoms in total. The van der Waals surface area contributed by atoms with Gasteiger partial charge in [0.2, 0.25) is 0 Å². The Morgan fingerprint density at radius 3 is 1.67 bits per heavy atom. The lowest BCUT2D eigenvalue weighted by molar-refractivity contribution is 0.590. The van der Waals surface area contributed by atoms with Crippen LogP contribution >= 0.6 is 0 Å². The number of hydrogen-bond acceptors (Lipinski definition) is 0. The van der Waals surface area contributed by atoms with Crippen LogP contribution in [-0.2, 0) is 5.41 Å². The van der Waals surface area contributed by atoms with Crippen molar-refractivity contribution in [2.75, 3.05) is 0 Å². The Hall–Kier alpha value is -3.38. The van der Waals surface area contributed by atoms with Gasteiger partial charge < -0.3 is 0 Å². The molecule has 0 spiro atoms. The standard InChI is InChI=1S/C30H24/c1-30(2,3)22-16-13-19(14-17-22)23-18-15-21-9-5-11-25-24-10-4-7-20-8-6-12-26(27(20)24)29(23)28(21)25/h4-18H,1-3H3. The quantitative estimate of drug-likeness (QED) is 0.196. The molecule has 0 saturated carbocycles. The van der Waals surface area contributed by atoms with Gasteiger partial charge in [-0.05, 0) is 65.2 Å². The summed E-state index contributed by atoms with van der Waals surface area (Å²) in [6.45, 7) is 6.81. The molecule has 0 radical (unpaired) electrons. The maximum Gasteiger partial charge on any atom is -0.00141 e. The Labute approximate surface area is 177 Å². The third kappa shape index (κ3) is 2.40. The van der Waals surface area contributed by atoms with Crippen molar-refractivity contribution in [1.82, 2.24) is 0 Å². The summed E-state index contributed by atoms with van der Waals surface area (Å²) in [7, 11) is 0. The van der Waals surface area contributed by atoms with Crippen LogP contribution in [0.3, 0.4) is 0 Å². The molecule has 0 aliphatic heterocycles. The third-order valence-corrected chi connectivity index (χ3v) is 6.57.